The molecule has 0 saturated heterocycles. The molecule has 2 rings (SSSR count). The van der Waals surface area contributed by atoms with Gasteiger partial charge in [0.05, 0.1) is 6.20 Å². The van der Waals surface area contributed by atoms with Crippen molar-refractivity contribution in [3.05, 3.63) is 12.0 Å². The van der Waals surface area contributed by atoms with Crippen LogP contribution < -0.4 is 5.73 Å². The summed E-state index contributed by atoms with van der Waals surface area (Å²) in [7, 11) is 0. The summed E-state index contributed by atoms with van der Waals surface area (Å²) in [5.74, 6) is 1.40. The second-order valence-corrected chi connectivity index (χ2v) is 2.77. The van der Waals surface area contributed by atoms with E-state index in [9.17, 15) is 0 Å². The third-order valence-electron chi connectivity index (χ3n) is 1.76. The Labute approximate surface area is 64.1 Å². The first kappa shape index (κ1) is 6.39. The number of anilines is 1. The molecule has 1 aliphatic carbocycles. The van der Waals surface area contributed by atoms with E-state index in [4.69, 9.17) is 10.8 Å². The van der Waals surface area contributed by atoms with Gasteiger partial charge in [0.1, 0.15) is 5.82 Å². The smallest absolute Gasteiger partial charge is 0.176 e. The molecule has 1 aromatic rings. The van der Waals surface area contributed by atoms with Crippen molar-refractivity contribution in [3.63, 3.8) is 0 Å². The average Bonchev–Trinajstić information content (AvgIpc) is 2.77. The van der Waals surface area contributed by atoms with Crippen molar-refractivity contribution >= 4 is 5.82 Å². The highest BCUT2D eigenvalue weighted by Gasteiger charge is 2.26. The zero-order valence-electron chi connectivity index (χ0n) is 5.99. The number of aromatic hydroxyl groups is 1. The molecule has 4 heteroatoms. The molecule has 0 amide bonds. The van der Waals surface area contributed by atoms with Crippen LogP contribution in [0.2, 0.25) is 0 Å². The molecule has 1 heterocycles. The summed E-state index contributed by atoms with van der Waals surface area (Å²) in [5, 5.41) is 9.00. The molecule has 0 atom stereocenters. The van der Waals surface area contributed by atoms with Gasteiger partial charge in [-0.2, -0.15) is 0 Å². The third kappa shape index (κ3) is 1.11. The molecule has 0 spiro atoms. The van der Waals surface area contributed by atoms with Crippen LogP contribution >= 0.6 is 0 Å². The number of nitrogens with two attached hydrogens (primary N) is 1. The van der Waals surface area contributed by atoms with E-state index in [0.29, 0.717) is 5.92 Å². The maximum Gasteiger partial charge on any atom is 0.176 e. The van der Waals surface area contributed by atoms with Crippen LogP contribution in [-0.2, 0) is 0 Å². The maximum absolute atomic E-state index is 9.00. The third-order valence-corrected chi connectivity index (χ3v) is 1.76. The fourth-order valence-electron chi connectivity index (χ4n) is 0.941. The Balaban J connectivity index is 2.36. The van der Waals surface area contributed by atoms with Crippen molar-refractivity contribution in [3.8, 4) is 5.75 Å². The minimum absolute atomic E-state index is 0.0330. The molecule has 3 N–H and O–H groups in total. The lowest BCUT2D eigenvalue weighted by molar-refractivity contribution is 0.471. The predicted molar refractivity (Wildman–Crippen MR) is 40.1 cm³/mol. The minimum atomic E-state index is -0.0330. The fourth-order valence-corrected chi connectivity index (χ4v) is 0.941. The number of nitrogen functional groups attached to an aromatic ring is 1. The van der Waals surface area contributed by atoms with Crippen LogP contribution in [-0.4, -0.2) is 15.1 Å². The molecule has 58 valence electrons. The van der Waals surface area contributed by atoms with E-state index in [-0.39, 0.29) is 11.6 Å². The van der Waals surface area contributed by atoms with Crippen molar-refractivity contribution in [1.29, 1.82) is 0 Å². The van der Waals surface area contributed by atoms with Crippen LogP contribution in [0.3, 0.4) is 0 Å². The molecule has 0 unspecified atom stereocenters. The van der Waals surface area contributed by atoms with Crippen LogP contribution in [0.25, 0.3) is 0 Å². The average molecular weight is 151 g/mol. The van der Waals surface area contributed by atoms with Gasteiger partial charge in [-0.25, -0.2) is 9.97 Å². The fraction of sp³-hybridized carbons (Fsp3) is 0.429. The van der Waals surface area contributed by atoms with Crippen molar-refractivity contribution in [2.24, 2.45) is 0 Å². The highest BCUT2D eigenvalue weighted by molar-refractivity contribution is 5.42. The summed E-state index contributed by atoms with van der Waals surface area (Å²) in [4.78, 5) is 7.91. The Morgan fingerprint density at radius 3 is 2.82 bits per heavy atom. The van der Waals surface area contributed by atoms with Gasteiger partial charge in [0.2, 0.25) is 0 Å². The normalized spacial score (nSPS) is 16.7. The number of nitrogens with zero attached hydrogens (tertiary/aromatic N) is 2. The van der Waals surface area contributed by atoms with E-state index in [0.717, 1.165) is 18.7 Å². The molecule has 0 aromatic carbocycles. The highest BCUT2D eigenvalue weighted by atomic mass is 16.3. The molecule has 1 aromatic heterocycles. The summed E-state index contributed by atoms with van der Waals surface area (Å²) in [6.45, 7) is 0. The standard InChI is InChI=1S/C7H9N3O/c8-6-5(11)3-9-7(10-6)4-1-2-4/h3-4,11H,1-2H2,(H2,8,9,10). The molecule has 1 saturated carbocycles. The van der Waals surface area contributed by atoms with Gasteiger partial charge in [0.25, 0.3) is 0 Å². The number of rotatable bonds is 1. The zero-order chi connectivity index (χ0) is 7.84. The Bertz CT molecular complexity index is 283. The van der Waals surface area contributed by atoms with E-state index in [1.165, 1.54) is 6.20 Å². The quantitative estimate of drug-likeness (QED) is 0.617. The Morgan fingerprint density at radius 1 is 1.55 bits per heavy atom. The van der Waals surface area contributed by atoms with Crippen molar-refractivity contribution < 1.29 is 5.11 Å². The van der Waals surface area contributed by atoms with E-state index in [1.807, 2.05) is 0 Å². The molecule has 0 aliphatic heterocycles. The molecule has 11 heavy (non-hydrogen) atoms. The van der Waals surface area contributed by atoms with Gasteiger partial charge in [0.15, 0.2) is 11.6 Å². The Kier molecular flexibility index (Phi) is 1.21. The van der Waals surface area contributed by atoms with Gasteiger partial charge >= 0.3 is 0 Å². The van der Waals surface area contributed by atoms with Gasteiger partial charge < -0.3 is 10.8 Å². The van der Waals surface area contributed by atoms with Gasteiger partial charge in [-0.1, -0.05) is 0 Å². The largest absolute Gasteiger partial charge is 0.503 e. The van der Waals surface area contributed by atoms with E-state index in [2.05, 4.69) is 9.97 Å². The van der Waals surface area contributed by atoms with E-state index < -0.39 is 0 Å². The van der Waals surface area contributed by atoms with Gasteiger partial charge in [-0.05, 0) is 12.8 Å². The Morgan fingerprint density at radius 2 is 2.27 bits per heavy atom. The molecular formula is C7H9N3O. The number of hydrogen-bond donors (Lipinski definition) is 2. The highest BCUT2D eigenvalue weighted by Crippen LogP contribution is 2.38. The van der Waals surface area contributed by atoms with Crippen molar-refractivity contribution in [2.45, 2.75) is 18.8 Å². The molecule has 1 fully saturated rings. The second-order valence-electron chi connectivity index (χ2n) is 2.77. The first-order chi connectivity index (χ1) is 5.27. The zero-order valence-corrected chi connectivity index (χ0v) is 5.99. The predicted octanol–water partition coefficient (Wildman–Crippen LogP) is 0.642. The molecule has 4 nitrogen and oxygen atoms in total. The van der Waals surface area contributed by atoms with Crippen molar-refractivity contribution in [2.75, 3.05) is 5.73 Å². The summed E-state index contributed by atoms with van der Waals surface area (Å²) in [5.41, 5.74) is 5.39. The van der Waals surface area contributed by atoms with Gasteiger partial charge in [0, 0.05) is 5.92 Å². The monoisotopic (exact) mass is 151 g/mol. The molecule has 0 radical (unpaired) electrons. The van der Waals surface area contributed by atoms with Gasteiger partial charge in [-0.3, -0.25) is 0 Å². The van der Waals surface area contributed by atoms with Crippen LogP contribution in [0.4, 0.5) is 5.82 Å². The van der Waals surface area contributed by atoms with Crippen LogP contribution in [0, 0.1) is 0 Å². The van der Waals surface area contributed by atoms with Crippen LogP contribution in [0.5, 0.6) is 5.75 Å². The molecule has 1 aliphatic rings. The lowest BCUT2D eigenvalue weighted by Crippen LogP contribution is -1.97. The number of aromatic nitrogens is 2. The summed E-state index contributed by atoms with van der Waals surface area (Å²) < 4.78 is 0. The SMILES string of the molecule is Nc1nc(C2CC2)ncc1O. The van der Waals surface area contributed by atoms with E-state index >= 15 is 0 Å². The molecule has 0 bridgehead atoms. The minimum Gasteiger partial charge on any atom is -0.503 e. The van der Waals surface area contributed by atoms with Crippen molar-refractivity contribution in [1.82, 2.24) is 9.97 Å². The first-order valence-electron chi connectivity index (χ1n) is 3.59. The second kappa shape index (κ2) is 2.08. The van der Waals surface area contributed by atoms with E-state index in [1.54, 1.807) is 0 Å². The lowest BCUT2D eigenvalue weighted by Gasteiger charge is -1.98. The summed E-state index contributed by atoms with van der Waals surface area (Å²) in [6, 6.07) is 0. The van der Waals surface area contributed by atoms with Crippen LogP contribution in [0.1, 0.15) is 24.6 Å². The molecular weight excluding hydrogens is 142 g/mol. The summed E-state index contributed by atoms with van der Waals surface area (Å²) in [6.07, 6.45) is 3.64. The maximum atomic E-state index is 9.00. The summed E-state index contributed by atoms with van der Waals surface area (Å²) >= 11 is 0. The van der Waals surface area contributed by atoms with Crippen LogP contribution in [0.15, 0.2) is 6.20 Å². The Hall–Kier alpha value is -1.32. The topological polar surface area (TPSA) is 72.0 Å². The lowest BCUT2D eigenvalue weighted by atomic mass is 10.4. The van der Waals surface area contributed by atoms with Gasteiger partial charge in [-0.15, -0.1) is 0 Å². The number of hydrogen-bond acceptors (Lipinski definition) is 4. The first-order valence-corrected chi connectivity index (χ1v) is 3.59.